The van der Waals surface area contributed by atoms with Crippen LogP contribution in [0, 0.1) is 18.8 Å². The fourth-order valence-corrected chi connectivity index (χ4v) is 3.62. The van der Waals surface area contributed by atoms with Gasteiger partial charge in [0.2, 0.25) is 11.8 Å². The Balaban J connectivity index is 2.00. The van der Waals surface area contributed by atoms with E-state index in [4.69, 9.17) is 0 Å². The summed E-state index contributed by atoms with van der Waals surface area (Å²) >= 11 is 3.41. The molecule has 2 amide bonds. The van der Waals surface area contributed by atoms with Gasteiger partial charge in [-0.15, -0.1) is 0 Å². The van der Waals surface area contributed by atoms with Crippen molar-refractivity contribution in [3.63, 3.8) is 0 Å². The van der Waals surface area contributed by atoms with Crippen LogP contribution in [0.15, 0.2) is 34.3 Å². The molecule has 0 radical (unpaired) electrons. The molecule has 1 aliphatic carbocycles. The monoisotopic (exact) mass is 333 g/mol. The first-order valence-corrected chi connectivity index (χ1v) is 7.58. The van der Waals surface area contributed by atoms with Gasteiger partial charge in [-0.2, -0.15) is 0 Å². The quantitative estimate of drug-likeness (QED) is 0.581. The van der Waals surface area contributed by atoms with Crippen molar-refractivity contribution in [3.05, 3.63) is 39.9 Å². The van der Waals surface area contributed by atoms with E-state index in [9.17, 15) is 9.59 Å². The first kappa shape index (κ1) is 13.6. The Labute approximate surface area is 126 Å². The van der Waals surface area contributed by atoms with E-state index in [0.717, 1.165) is 15.7 Å². The predicted octanol–water partition coefficient (Wildman–Crippen LogP) is 3.60. The van der Waals surface area contributed by atoms with E-state index in [1.165, 1.54) is 10.5 Å². The zero-order chi connectivity index (χ0) is 14.4. The molecule has 20 heavy (non-hydrogen) atoms. The summed E-state index contributed by atoms with van der Waals surface area (Å²) in [5.41, 5.74) is 2.86. The normalized spacial score (nSPS) is 25.8. The molecular weight excluding hydrogens is 318 g/mol. The lowest BCUT2D eigenvalue weighted by Gasteiger charge is -2.19. The number of anilines is 1. The summed E-state index contributed by atoms with van der Waals surface area (Å²) in [6.07, 6.45) is 3.48. The summed E-state index contributed by atoms with van der Waals surface area (Å²) < 4.78 is 0.952. The Morgan fingerprint density at radius 2 is 1.85 bits per heavy atom. The van der Waals surface area contributed by atoms with Gasteiger partial charge in [0.25, 0.3) is 0 Å². The number of carbonyl (C=O) groups excluding carboxylic acids is 2. The number of rotatable bonds is 1. The minimum atomic E-state index is -0.172. The SMILES string of the molecule is CC1=CC[C@H]2C(=O)N(c3ccc(Br)cc3C)C(=O)[C@H]2C1. The number of amides is 2. The number of fused-ring (bicyclic) bond motifs is 1. The molecule has 2 atom stereocenters. The van der Waals surface area contributed by atoms with Crippen LogP contribution in [0.2, 0.25) is 0 Å². The van der Waals surface area contributed by atoms with Crippen LogP contribution >= 0.6 is 15.9 Å². The highest BCUT2D eigenvalue weighted by Crippen LogP contribution is 2.40. The lowest BCUT2D eigenvalue weighted by atomic mass is 9.82. The molecule has 4 heteroatoms. The molecule has 2 aliphatic rings. The van der Waals surface area contributed by atoms with Gasteiger partial charge in [0.1, 0.15) is 0 Å². The number of carbonyl (C=O) groups is 2. The molecule has 104 valence electrons. The molecule has 3 rings (SSSR count). The number of allylic oxidation sites excluding steroid dienone is 2. The van der Waals surface area contributed by atoms with Gasteiger partial charge in [-0.3, -0.25) is 9.59 Å². The highest BCUT2D eigenvalue weighted by molar-refractivity contribution is 9.10. The van der Waals surface area contributed by atoms with Crippen molar-refractivity contribution in [1.82, 2.24) is 0 Å². The van der Waals surface area contributed by atoms with Crippen LogP contribution < -0.4 is 4.90 Å². The third-order valence-corrected chi connectivity index (χ3v) is 4.72. The van der Waals surface area contributed by atoms with E-state index in [0.29, 0.717) is 12.8 Å². The zero-order valence-electron chi connectivity index (χ0n) is 11.5. The van der Waals surface area contributed by atoms with Gasteiger partial charge in [0.15, 0.2) is 0 Å². The number of benzene rings is 1. The number of nitrogens with zero attached hydrogens (tertiary/aromatic N) is 1. The molecule has 0 bridgehead atoms. The number of imide groups is 1. The maximum Gasteiger partial charge on any atom is 0.238 e. The van der Waals surface area contributed by atoms with Gasteiger partial charge < -0.3 is 0 Å². The summed E-state index contributed by atoms with van der Waals surface area (Å²) in [4.78, 5) is 26.6. The minimum Gasteiger partial charge on any atom is -0.274 e. The summed E-state index contributed by atoms with van der Waals surface area (Å²) in [5, 5.41) is 0. The summed E-state index contributed by atoms with van der Waals surface area (Å²) in [5.74, 6) is -0.433. The highest BCUT2D eigenvalue weighted by atomic mass is 79.9. The van der Waals surface area contributed by atoms with Crippen LogP contribution in [0.3, 0.4) is 0 Å². The second-order valence-corrected chi connectivity index (χ2v) is 6.56. The summed E-state index contributed by atoms with van der Waals surface area (Å²) in [6.45, 7) is 3.95. The van der Waals surface area contributed by atoms with E-state index in [1.807, 2.05) is 32.0 Å². The second kappa shape index (κ2) is 4.85. The van der Waals surface area contributed by atoms with Crippen LogP contribution in [0.25, 0.3) is 0 Å². The van der Waals surface area contributed by atoms with Gasteiger partial charge >= 0.3 is 0 Å². The highest BCUT2D eigenvalue weighted by Gasteiger charge is 2.48. The molecule has 3 nitrogen and oxygen atoms in total. The third kappa shape index (κ3) is 2.03. The molecule has 0 aromatic heterocycles. The number of aryl methyl sites for hydroxylation is 1. The standard InChI is InChI=1S/C16H16BrNO2/c1-9-3-5-12-13(7-9)16(20)18(15(12)19)14-6-4-11(17)8-10(14)2/h3-4,6,8,12-13H,5,7H2,1-2H3/t12-,13+/m1/s1. The number of hydrogen-bond acceptors (Lipinski definition) is 2. The van der Waals surface area contributed by atoms with Gasteiger partial charge in [-0.05, 0) is 50.5 Å². The van der Waals surface area contributed by atoms with Crippen LogP contribution in [0.5, 0.6) is 0 Å². The van der Waals surface area contributed by atoms with Crippen molar-refractivity contribution in [2.45, 2.75) is 26.7 Å². The topological polar surface area (TPSA) is 37.4 Å². The van der Waals surface area contributed by atoms with Crippen LogP contribution in [0.4, 0.5) is 5.69 Å². The summed E-state index contributed by atoms with van der Waals surface area (Å²) in [7, 11) is 0. The molecule has 1 saturated heterocycles. The molecule has 1 aliphatic heterocycles. The van der Waals surface area contributed by atoms with Gasteiger partial charge in [-0.1, -0.05) is 27.6 Å². The molecule has 0 N–H and O–H groups in total. The van der Waals surface area contributed by atoms with E-state index < -0.39 is 0 Å². The smallest absolute Gasteiger partial charge is 0.238 e. The minimum absolute atomic E-state index is 0.0436. The van der Waals surface area contributed by atoms with Gasteiger partial charge in [-0.25, -0.2) is 4.90 Å². The fraction of sp³-hybridized carbons (Fsp3) is 0.375. The predicted molar refractivity (Wildman–Crippen MR) is 81.3 cm³/mol. The molecule has 1 heterocycles. The van der Waals surface area contributed by atoms with E-state index in [-0.39, 0.29) is 23.7 Å². The first-order chi connectivity index (χ1) is 9.49. The molecule has 1 aromatic rings. The van der Waals surface area contributed by atoms with E-state index in [1.54, 1.807) is 0 Å². The Morgan fingerprint density at radius 3 is 2.55 bits per heavy atom. The van der Waals surface area contributed by atoms with Crippen molar-refractivity contribution < 1.29 is 9.59 Å². The van der Waals surface area contributed by atoms with Crippen molar-refractivity contribution in [2.24, 2.45) is 11.8 Å². The van der Waals surface area contributed by atoms with Crippen molar-refractivity contribution in [3.8, 4) is 0 Å². The largest absolute Gasteiger partial charge is 0.274 e. The van der Waals surface area contributed by atoms with Crippen LogP contribution in [0.1, 0.15) is 25.3 Å². The molecule has 0 spiro atoms. The van der Waals surface area contributed by atoms with Crippen LogP contribution in [-0.2, 0) is 9.59 Å². The molecule has 0 saturated carbocycles. The lowest BCUT2D eigenvalue weighted by molar-refractivity contribution is -0.122. The average molecular weight is 334 g/mol. The third-order valence-electron chi connectivity index (χ3n) is 4.22. The first-order valence-electron chi connectivity index (χ1n) is 6.78. The Morgan fingerprint density at radius 1 is 1.15 bits per heavy atom. The molecule has 0 unspecified atom stereocenters. The van der Waals surface area contributed by atoms with Gasteiger partial charge in [0, 0.05) is 4.47 Å². The number of hydrogen-bond donors (Lipinski definition) is 0. The molecule has 1 fully saturated rings. The van der Waals surface area contributed by atoms with Gasteiger partial charge in [0.05, 0.1) is 17.5 Å². The Kier molecular flexibility index (Phi) is 3.28. The van der Waals surface area contributed by atoms with Crippen molar-refractivity contribution >= 4 is 33.4 Å². The number of halogens is 1. The maximum atomic E-state index is 12.6. The fourth-order valence-electron chi connectivity index (χ4n) is 3.14. The van der Waals surface area contributed by atoms with E-state index >= 15 is 0 Å². The van der Waals surface area contributed by atoms with Crippen molar-refractivity contribution in [1.29, 1.82) is 0 Å². The van der Waals surface area contributed by atoms with Crippen molar-refractivity contribution in [2.75, 3.05) is 4.90 Å². The Hall–Kier alpha value is -1.42. The lowest BCUT2D eigenvalue weighted by Crippen LogP contribution is -2.31. The van der Waals surface area contributed by atoms with E-state index in [2.05, 4.69) is 22.0 Å². The zero-order valence-corrected chi connectivity index (χ0v) is 13.1. The second-order valence-electron chi connectivity index (χ2n) is 5.65. The average Bonchev–Trinajstić information content (AvgIpc) is 2.63. The molecular formula is C16H16BrNO2. The summed E-state index contributed by atoms with van der Waals surface area (Å²) in [6, 6.07) is 5.64. The maximum absolute atomic E-state index is 12.6. The van der Waals surface area contributed by atoms with Crippen LogP contribution in [-0.4, -0.2) is 11.8 Å². The molecule has 1 aromatic carbocycles. The Bertz CT molecular complexity index is 635.